The molecular weight excluding hydrogens is 240 g/mol. The van der Waals surface area contributed by atoms with Gasteiger partial charge in [-0.05, 0) is 31.9 Å². The average molecular weight is 264 g/mol. The predicted molar refractivity (Wildman–Crippen MR) is 78.6 cm³/mol. The molecule has 2 atom stereocenters. The highest BCUT2D eigenvalue weighted by atomic mass is 16.5. The fraction of sp³-hybridized carbons (Fsp3) is 0.600. The molecule has 1 aromatic carbocycles. The molecule has 0 saturated carbocycles. The Morgan fingerprint density at radius 2 is 2.32 bits per heavy atom. The van der Waals surface area contributed by atoms with E-state index in [0.717, 1.165) is 37.4 Å². The number of ether oxygens (including phenoxy) is 1. The summed E-state index contributed by atoms with van der Waals surface area (Å²) in [5.41, 5.74) is 7.73. The van der Waals surface area contributed by atoms with Gasteiger partial charge in [0.15, 0.2) is 0 Å². The molecule has 0 bridgehead atoms. The van der Waals surface area contributed by atoms with Crippen molar-refractivity contribution in [2.75, 3.05) is 30.3 Å². The van der Waals surface area contributed by atoms with Crippen LogP contribution in [0.15, 0.2) is 18.2 Å². The number of aliphatic hydroxyl groups is 1. The minimum Gasteiger partial charge on any atom is -0.491 e. The molecule has 1 aliphatic heterocycles. The van der Waals surface area contributed by atoms with Gasteiger partial charge in [0.25, 0.3) is 0 Å². The second kappa shape index (κ2) is 6.15. The molecule has 0 aromatic heterocycles. The Kier molecular flexibility index (Phi) is 4.53. The summed E-state index contributed by atoms with van der Waals surface area (Å²) in [6.45, 7) is 6.51. The van der Waals surface area contributed by atoms with E-state index in [0.29, 0.717) is 18.2 Å². The summed E-state index contributed by atoms with van der Waals surface area (Å²) < 4.78 is 5.66. The molecule has 4 heteroatoms. The van der Waals surface area contributed by atoms with Crippen molar-refractivity contribution in [3.8, 4) is 5.75 Å². The third-order valence-electron chi connectivity index (χ3n) is 3.73. The Bertz CT molecular complexity index is 421. The molecule has 4 nitrogen and oxygen atoms in total. The van der Waals surface area contributed by atoms with E-state index in [-0.39, 0.29) is 6.10 Å². The molecule has 0 aliphatic carbocycles. The third kappa shape index (κ3) is 3.32. The van der Waals surface area contributed by atoms with Gasteiger partial charge >= 0.3 is 0 Å². The van der Waals surface area contributed by atoms with Crippen LogP contribution in [0.1, 0.15) is 26.7 Å². The van der Waals surface area contributed by atoms with Crippen LogP contribution in [0.5, 0.6) is 5.75 Å². The maximum absolute atomic E-state index is 9.66. The molecule has 1 aromatic rings. The normalized spacial score (nSPS) is 20.6. The summed E-state index contributed by atoms with van der Waals surface area (Å²) in [5, 5.41) is 9.66. The van der Waals surface area contributed by atoms with Crippen LogP contribution >= 0.6 is 0 Å². The lowest BCUT2D eigenvalue weighted by Crippen LogP contribution is -2.23. The summed E-state index contributed by atoms with van der Waals surface area (Å²) in [5.74, 6) is 1.12. The van der Waals surface area contributed by atoms with Crippen LogP contribution in [0.3, 0.4) is 0 Å². The largest absolute Gasteiger partial charge is 0.491 e. The fourth-order valence-electron chi connectivity index (χ4n) is 2.47. The van der Waals surface area contributed by atoms with E-state index >= 15 is 0 Å². The first-order valence-electron chi connectivity index (χ1n) is 7.07. The van der Waals surface area contributed by atoms with Gasteiger partial charge in [-0.25, -0.2) is 0 Å². The molecule has 2 unspecified atom stereocenters. The van der Waals surface area contributed by atoms with Crippen LogP contribution in [-0.2, 0) is 0 Å². The minimum absolute atomic E-state index is 0.241. The molecule has 2 rings (SSSR count). The highest BCUT2D eigenvalue weighted by Gasteiger charge is 2.26. The molecule has 106 valence electrons. The van der Waals surface area contributed by atoms with Gasteiger partial charge in [-0.2, -0.15) is 0 Å². The van der Waals surface area contributed by atoms with E-state index in [1.54, 1.807) is 0 Å². The van der Waals surface area contributed by atoms with E-state index in [4.69, 9.17) is 10.5 Å². The predicted octanol–water partition coefficient (Wildman–Crippen LogP) is 2.26. The fourth-order valence-corrected chi connectivity index (χ4v) is 2.47. The van der Waals surface area contributed by atoms with Crippen molar-refractivity contribution in [3.05, 3.63) is 18.2 Å². The van der Waals surface area contributed by atoms with Crippen molar-refractivity contribution in [1.29, 1.82) is 0 Å². The summed E-state index contributed by atoms with van der Waals surface area (Å²) >= 11 is 0. The summed E-state index contributed by atoms with van der Waals surface area (Å²) in [6.07, 6.45) is 1.76. The van der Waals surface area contributed by atoms with Crippen molar-refractivity contribution in [2.24, 2.45) is 5.92 Å². The summed E-state index contributed by atoms with van der Waals surface area (Å²) in [4.78, 5) is 2.29. The van der Waals surface area contributed by atoms with Gasteiger partial charge in [-0.15, -0.1) is 0 Å². The first-order chi connectivity index (χ1) is 9.11. The number of aliphatic hydroxyl groups excluding tert-OH is 1. The van der Waals surface area contributed by atoms with Crippen LogP contribution in [0.4, 0.5) is 11.4 Å². The molecular formula is C15H24N2O2. The Balaban J connectivity index is 2.08. The van der Waals surface area contributed by atoms with Gasteiger partial charge < -0.3 is 20.5 Å². The number of nitrogen functional groups attached to an aromatic ring is 1. The Labute approximate surface area is 115 Å². The highest BCUT2D eigenvalue weighted by Crippen LogP contribution is 2.31. The molecule has 1 heterocycles. The van der Waals surface area contributed by atoms with Crippen molar-refractivity contribution < 1.29 is 9.84 Å². The monoisotopic (exact) mass is 264 g/mol. The van der Waals surface area contributed by atoms with Gasteiger partial charge in [0.1, 0.15) is 5.75 Å². The van der Waals surface area contributed by atoms with Crippen molar-refractivity contribution >= 4 is 11.4 Å². The maximum atomic E-state index is 9.66. The summed E-state index contributed by atoms with van der Waals surface area (Å²) in [6, 6.07) is 5.93. The van der Waals surface area contributed by atoms with Gasteiger partial charge in [0, 0.05) is 30.8 Å². The lowest BCUT2D eigenvalue weighted by atomic mass is 10.0. The van der Waals surface area contributed by atoms with Crippen LogP contribution in [0.25, 0.3) is 0 Å². The van der Waals surface area contributed by atoms with Gasteiger partial charge in [0.05, 0.1) is 18.4 Å². The Morgan fingerprint density at radius 3 is 2.95 bits per heavy atom. The number of rotatable bonds is 5. The number of nitrogens with zero attached hydrogens (tertiary/aromatic N) is 1. The molecule has 0 amide bonds. The first kappa shape index (κ1) is 14.0. The molecule has 1 fully saturated rings. The first-order valence-corrected chi connectivity index (χ1v) is 7.07. The second-order valence-corrected chi connectivity index (χ2v) is 5.31. The number of hydrogen-bond donors (Lipinski definition) is 2. The van der Waals surface area contributed by atoms with Crippen molar-refractivity contribution in [2.45, 2.75) is 32.8 Å². The SMILES string of the molecule is CCCOc1cc(N2CCC(C(C)O)C2)ccc1N. The highest BCUT2D eigenvalue weighted by molar-refractivity contribution is 5.62. The zero-order chi connectivity index (χ0) is 13.8. The quantitative estimate of drug-likeness (QED) is 0.801. The van der Waals surface area contributed by atoms with Crippen LogP contribution in [-0.4, -0.2) is 30.9 Å². The van der Waals surface area contributed by atoms with Gasteiger partial charge in [-0.1, -0.05) is 6.92 Å². The lowest BCUT2D eigenvalue weighted by Gasteiger charge is -2.21. The van der Waals surface area contributed by atoms with E-state index in [1.165, 1.54) is 0 Å². The number of hydrogen-bond acceptors (Lipinski definition) is 4. The maximum Gasteiger partial charge on any atom is 0.144 e. The van der Waals surface area contributed by atoms with Gasteiger partial charge in [-0.3, -0.25) is 0 Å². The van der Waals surface area contributed by atoms with Crippen molar-refractivity contribution in [3.63, 3.8) is 0 Å². The second-order valence-electron chi connectivity index (χ2n) is 5.31. The van der Waals surface area contributed by atoms with Crippen LogP contribution in [0.2, 0.25) is 0 Å². The molecule has 1 aliphatic rings. The minimum atomic E-state index is -0.241. The third-order valence-corrected chi connectivity index (χ3v) is 3.73. The van der Waals surface area contributed by atoms with Crippen molar-refractivity contribution in [1.82, 2.24) is 0 Å². The zero-order valence-electron chi connectivity index (χ0n) is 11.8. The van der Waals surface area contributed by atoms with Crippen LogP contribution in [0, 0.1) is 5.92 Å². The number of nitrogens with two attached hydrogens (primary N) is 1. The van der Waals surface area contributed by atoms with E-state index in [1.807, 2.05) is 25.1 Å². The Morgan fingerprint density at radius 1 is 1.53 bits per heavy atom. The van der Waals surface area contributed by atoms with E-state index in [9.17, 15) is 5.11 Å². The molecule has 1 saturated heterocycles. The van der Waals surface area contributed by atoms with E-state index < -0.39 is 0 Å². The van der Waals surface area contributed by atoms with E-state index in [2.05, 4.69) is 11.8 Å². The van der Waals surface area contributed by atoms with Crippen LogP contribution < -0.4 is 15.4 Å². The Hall–Kier alpha value is -1.42. The summed E-state index contributed by atoms with van der Waals surface area (Å²) in [7, 11) is 0. The number of anilines is 2. The molecule has 19 heavy (non-hydrogen) atoms. The topological polar surface area (TPSA) is 58.7 Å². The lowest BCUT2D eigenvalue weighted by molar-refractivity contribution is 0.136. The smallest absolute Gasteiger partial charge is 0.144 e. The molecule has 0 spiro atoms. The van der Waals surface area contributed by atoms with Gasteiger partial charge in [0.2, 0.25) is 0 Å². The average Bonchev–Trinajstić information content (AvgIpc) is 2.87. The molecule has 0 radical (unpaired) electrons. The zero-order valence-corrected chi connectivity index (χ0v) is 11.8. The standard InChI is InChI=1S/C15H24N2O2/c1-3-8-19-15-9-13(4-5-14(15)16)17-7-6-12(10-17)11(2)18/h4-5,9,11-12,18H,3,6-8,10,16H2,1-2H3. The number of benzene rings is 1. The molecule has 3 N–H and O–H groups in total.